The van der Waals surface area contributed by atoms with E-state index in [1.165, 1.54) is 19.3 Å². The van der Waals surface area contributed by atoms with E-state index in [2.05, 4.69) is 56.3 Å². The van der Waals surface area contributed by atoms with Gasteiger partial charge in [0.25, 0.3) is 0 Å². The fourth-order valence-corrected chi connectivity index (χ4v) is 5.81. The summed E-state index contributed by atoms with van der Waals surface area (Å²) in [7, 11) is 0. The minimum atomic E-state index is -0.880. The first-order chi connectivity index (χ1) is 19.5. The predicted molar refractivity (Wildman–Crippen MR) is 156 cm³/mol. The minimum Gasteiger partial charge on any atom is -0.478 e. The average Bonchev–Trinajstić information content (AvgIpc) is 3.61. The molecule has 1 saturated carbocycles. The number of rotatable bonds is 11. The summed E-state index contributed by atoms with van der Waals surface area (Å²) in [5, 5.41) is 22.0. The van der Waals surface area contributed by atoms with Crippen LogP contribution in [0.2, 0.25) is 5.15 Å². The first-order valence-corrected chi connectivity index (χ1v) is 14.5. The summed E-state index contributed by atoms with van der Waals surface area (Å²) in [6.07, 6.45) is 12.5. The number of tetrazole rings is 1. The quantitative estimate of drug-likeness (QED) is 0.199. The molecule has 0 amide bonds. The van der Waals surface area contributed by atoms with Gasteiger partial charge in [0.15, 0.2) is 5.15 Å². The molecule has 40 heavy (non-hydrogen) atoms. The number of carboxylic acid groups (broad SMARTS) is 1. The summed E-state index contributed by atoms with van der Waals surface area (Å²) in [5.74, 6) is 0.415. The van der Waals surface area contributed by atoms with Crippen molar-refractivity contribution in [3.05, 3.63) is 82.7 Å². The Labute approximate surface area is 239 Å². The van der Waals surface area contributed by atoms with Crippen molar-refractivity contribution in [2.45, 2.75) is 71.3 Å². The van der Waals surface area contributed by atoms with Gasteiger partial charge < -0.3 is 9.67 Å². The Morgan fingerprint density at radius 1 is 1.10 bits per heavy atom. The molecule has 2 aromatic carbocycles. The van der Waals surface area contributed by atoms with E-state index >= 15 is 0 Å². The number of aromatic nitrogens is 6. The van der Waals surface area contributed by atoms with E-state index in [1.807, 2.05) is 24.3 Å². The third kappa shape index (κ3) is 6.50. The summed E-state index contributed by atoms with van der Waals surface area (Å²) < 4.78 is 3.74. The first kappa shape index (κ1) is 27.8. The lowest BCUT2D eigenvalue weighted by molar-refractivity contribution is -0.132. The van der Waals surface area contributed by atoms with Gasteiger partial charge in [-0.25, -0.2) is 9.78 Å². The fraction of sp³-hybridized carbons (Fsp3) is 0.387. The zero-order valence-corrected chi connectivity index (χ0v) is 23.6. The van der Waals surface area contributed by atoms with Crippen molar-refractivity contribution >= 4 is 23.6 Å². The minimum absolute atomic E-state index is 0.362. The largest absolute Gasteiger partial charge is 0.478 e. The number of aryl methyl sites for hydroxylation is 1. The van der Waals surface area contributed by atoms with E-state index in [0.717, 1.165) is 60.3 Å². The number of halogens is 1. The second kappa shape index (κ2) is 13.0. The molecular weight excluding hydrogens is 524 g/mol. The van der Waals surface area contributed by atoms with Crippen LogP contribution in [-0.2, 0) is 17.8 Å². The lowest BCUT2D eigenvalue weighted by Gasteiger charge is -2.21. The number of nitrogens with zero attached hydrogens (tertiary/aromatic N) is 6. The molecule has 1 aliphatic rings. The molecule has 1 N–H and O–H groups in total. The molecule has 0 spiro atoms. The van der Waals surface area contributed by atoms with Crippen molar-refractivity contribution in [2.75, 3.05) is 0 Å². The fourth-order valence-electron chi connectivity index (χ4n) is 5.56. The Bertz CT molecular complexity index is 1450. The summed E-state index contributed by atoms with van der Waals surface area (Å²) in [4.78, 5) is 16.9. The van der Waals surface area contributed by atoms with Crippen LogP contribution in [0.5, 0.6) is 0 Å². The number of benzene rings is 2. The molecular formula is C31H35ClN6O2. The van der Waals surface area contributed by atoms with Crippen molar-refractivity contribution < 1.29 is 9.90 Å². The summed E-state index contributed by atoms with van der Waals surface area (Å²) in [5.41, 5.74) is 5.13. The lowest BCUT2D eigenvalue weighted by Crippen LogP contribution is -2.12. The normalized spacial score (nSPS) is 14.5. The Morgan fingerprint density at radius 3 is 2.58 bits per heavy atom. The molecule has 9 heteroatoms. The van der Waals surface area contributed by atoms with Crippen LogP contribution >= 0.6 is 11.6 Å². The molecule has 0 atom stereocenters. The van der Waals surface area contributed by atoms with Gasteiger partial charge in [-0.1, -0.05) is 99.5 Å². The van der Waals surface area contributed by atoms with Crippen LogP contribution in [0.25, 0.3) is 22.9 Å². The maximum Gasteiger partial charge on any atom is 0.331 e. The van der Waals surface area contributed by atoms with Gasteiger partial charge in [0.05, 0.1) is 11.4 Å². The van der Waals surface area contributed by atoms with Crippen molar-refractivity contribution in [3.63, 3.8) is 0 Å². The number of carboxylic acids is 1. The molecule has 2 aromatic heterocycles. The molecule has 2 heterocycles. The van der Waals surface area contributed by atoms with Crippen LogP contribution in [0.3, 0.4) is 0 Å². The number of imidazole rings is 1. The third-order valence-electron chi connectivity index (χ3n) is 7.72. The van der Waals surface area contributed by atoms with E-state index in [1.54, 1.807) is 17.1 Å². The van der Waals surface area contributed by atoms with Gasteiger partial charge in [0.2, 0.25) is 0 Å². The third-order valence-corrected chi connectivity index (χ3v) is 8.00. The van der Waals surface area contributed by atoms with Crippen LogP contribution in [-0.4, -0.2) is 40.8 Å². The van der Waals surface area contributed by atoms with Gasteiger partial charge in [-0.05, 0) is 52.5 Å². The second-order valence-corrected chi connectivity index (χ2v) is 10.9. The zero-order valence-electron chi connectivity index (χ0n) is 22.8. The van der Waals surface area contributed by atoms with Crippen molar-refractivity contribution in [3.8, 4) is 16.8 Å². The van der Waals surface area contributed by atoms with Crippen LogP contribution in [0.4, 0.5) is 0 Å². The van der Waals surface area contributed by atoms with Gasteiger partial charge in [-0.2, -0.15) is 4.68 Å². The zero-order chi connectivity index (χ0) is 27.9. The highest BCUT2D eigenvalue weighted by Gasteiger charge is 2.21. The molecule has 0 saturated heterocycles. The SMILES string of the molecule is CCCCc1nc(Cl)c(C=C(CC2CCCCC2)C(=O)O)n1Cc1ccc(-c2ccccc2-n2cnnn2)cc1. The van der Waals surface area contributed by atoms with Gasteiger partial charge in [0.1, 0.15) is 12.2 Å². The standard InChI is InChI=1S/C31H35ClN6O2/c1-2-3-13-29-34-30(32)28(19-25(31(39)40)18-22-9-5-4-6-10-22)37(29)20-23-14-16-24(17-15-23)26-11-7-8-12-27(26)38-21-33-35-36-38/h7-8,11-12,14-17,19,21-22H,2-6,9-10,13,18,20H2,1H3,(H,39,40). The van der Waals surface area contributed by atoms with E-state index in [4.69, 9.17) is 11.6 Å². The molecule has 1 aliphatic carbocycles. The summed E-state index contributed by atoms with van der Waals surface area (Å²) in [6, 6.07) is 16.4. The Hall–Kier alpha value is -3.78. The predicted octanol–water partition coefficient (Wildman–Crippen LogP) is 7.01. The van der Waals surface area contributed by atoms with E-state index in [0.29, 0.717) is 35.3 Å². The Kier molecular flexibility index (Phi) is 9.06. The number of carbonyl (C=O) groups is 1. The maximum atomic E-state index is 12.3. The summed E-state index contributed by atoms with van der Waals surface area (Å²) >= 11 is 6.67. The summed E-state index contributed by atoms with van der Waals surface area (Å²) in [6.45, 7) is 2.70. The molecule has 208 valence electrons. The van der Waals surface area contributed by atoms with Crippen LogP contribution in [0.15, 0.2) is 60.4 Å². The molecule has 0 radical (unpaired) electrons. The molecule has 0 unspecified atom stereocenters. The highest BCUT2D eigenvalue weighted by molar-refractivity contribution is 6.30. The Balaban J connectivity index is 1.45. The topological polar surface area (TPSA) is 98.7 Å². The molecule has 0 bridgehead atoms. The maximum absolute atomic E-state index is 12.3. The van der Waals surface area contributed by atoms with Crippen molar-refractivity contribution in [2.24, 2.45) is 5.92 Å². The Morgan fingerprint density at radius 2 is 1.88 bits per heavy atom. The highest BCUT2D eigenvalue weighted by Crippen LogP contribution is 2.32. The molecule has 8 nitrogen and oxygen atoms in total. The van der Waals surface area contributed by atoms with E-state index in [9.17, 15) is 9.90 Å². The number of para-hydroxylation sites is 1. The molecule has 4 aromatic rings. The monoisotopic (exact) mass is 558 g/mol. The number of hydrogen-bond acceptors (Lipinski definition) is 5. The van der Waals surface area contributed by atoms with Gasteiger partial charge in [-0.3, -0.25) is 0 Å². The van der Waals surface area contributed by atoms with E-state index < -0.39 is 5.97 Å². The van der Waals surface area contributed by atoms with Crippen LogP contribution < -0.4 is 0 Å². The van der Waals surface area contributed by atoms with Gasteiger partial charge in [0, 0.05) is 24.1 Å². The molecule has 5 rings (SSSR count). The highest BCUT2D eigenvalue weighted by atomic mass is 35.5. The van der Waals surface area contributed by atoms with Crippen molar-refractivity contribution in [1.29, 1.82) is 0 Å². The van der Waals surface area contributed by atoms with Crippen LogP contribution in [0.1, 0.15) is 75.4 Å². The number of unbranched alkanes of at least 4 members (excludes halogenated alkanes) is 1. The molecule has 1 fully saturated rings. The van der Waals surface area contributed by atoms with Gasteiger partial charge >= 0.3 is 5.97 Å². The molecule has 0 aliphatic heterocycles. The average molecular weight is 559 g/mol. The van der Waals surface area contributed by atoms with E-state index in [-0.39, 0.29) is 0 Å². The second-order valence-electron chi connectivity index (χ2n) is 10.5. The first-order valence-electron chi connectivity index (χ1n) is 14.1. The van der Waals surface area contributed by atoms with Crippen LogP contribution in [0, 0.1) is 5.92 Å². The lowest BCUT2D eigenvalue weighted by atomic mass is 9.84. The number of aliphatic carboxylic acids is 1. The smallest absolute Gasteiger partial charge is 0.331 e. The van der Waals surface area contributed by atoms with Crippen molar-refractivity contribution in [1.82, 2.24) is 29.8 Å². The van der Waals surface area contributed by atoms with Gasteiger partial charge in [-0.15, -0.1) is 5.10 Å². The number of hydrogen-bond donors (Lipinski definition) is 1.